The standard InChI is InChI=1S/C23H26N6O2/c1-14-8-15(12-24)10-17(9-14)28(22(30)31-23(2,3)4)20-11-19(25-5)27-21-18(16-6-7-16)13-26-29(20)21/h8-11,13,16H,6-7H2,1-5H3,(H,25,27). The maximum atomic E-state index is 13.4. The predicted octanol–water partition coefficient (Wildman–Crippen LogP) is 4.90. The number of aromatic nitrogens is 3. The second-order valence-corrected chi connectivity index (χ2v) is 8.84. The molecule has 0 saturated heterocycles. The molecule has 1 aromatic carbocycles. The lowest BCUT2D eigenvalue weighted by molar-refractivity contribution is 0.0597. The van der Waals surface area contributed by atoms with Crippen molar-refractivity contribution >= 4 is 29.1 Å². The van der Waals surface area contributed by atoms with E-state index in [-0.39, 0.29) is 0 Å². The minimum Gasteiger partial charge on any atom is -0.443 e. The summed E-state index contributed by atoms with van der Waals surface area (Å²) in [6.45, 7) is 7.35. The number of ether oxygens (including phenoxy) is 1. The first-order valence-electron chi connectivity index (χ1n) is 10.3. The molecule has 1 fully saturated rings. The van der Waals surface area contributed by atoms with Gasteiger partial charge >= 0.3 is 6.09 Å². The largest absolute Gasteiger partial charge is 0.443 e. The smallest absolute Gasteiger partial charge is 0.420 e. The van der Waals surface area contributed by atoms with Crippen LogP contribution in [-0.2, 0) is 4.74 Å². The Labute approximate surface area is 181 Å². The predicted molar refractivity (Wildman–Crippen MR) is 119 cm³/mol. The normalized spacial score (nSPS) is 13.7. The van der Waals surface area contributed by atoms with Crippen LogP contribution in [-0.4, -0.2) is 33.3 Å². The number of benzene rings is 1. The third-order valence-electron chi connectivity index (χ3n) is 5.01. The molecular weight excluding hydrogens is 392 g/mol. The first-order valence-corrected chi connectivity index (χ1v) is 10.3. The van der Waals surface area contributed by atoms with Gasteiger partial charge in [-0.1, -0.05) is 0 Å². The van der Waals surface area contributed by atoms with Crippen molar-refractivity contribution in [1.29, 1.82) is 5.26 Å². The zero-order valence-corrected chi connectivity index (χ0v) is 18.4. The average molecular weight is 419 g/mol. The number of nitrogens with one attached hydrogen (secondary N) is 1. The van der Waals surface area contributed by atoms with Gasteiger partial charge in [-0.3, -0.25) is 0 Å². The van der Waals surface area contributed by atoms with Gasteiger partial charge in [-0.15, -0.1) is 0 Å². The quantitative estimate of drug-likeness (QED) is 0.647. The van der Waals surface area contributed by atoms with E-state index in [1.807, 2.05) is 40.0 Å². The average Bonchev–Trinajstić information content (AvgIpc) is 3.45. The lowest BCUT2D eigenvalue weighted by Gasteiger charge is -2.28. The number of nitrogens with zero attached hydrogens (tertiary/aromatic N) is 5. The van der Waals surface area contributed by atoms with Crippen LogP contribution in [0.5, 0.6) is 0 Å². The molecule has 0 unspecified atom stereocenters. The molecule has 4 rings (SSSR count). The van der Waals surface area contributed by atoms with Gasteiger partial charge in [0, 0.05) is 18.7 Å². The Bertz CT molecular complexity index is 1200. The number of anilines is 3. The molecule has 0 spiro atoms. The molecule has 3 aromatic rings. The summed E-state index contributed by atoms with van der Waals surface area (Å²) in [6.07, 6.45) is 3.50. The Morgan fingerprint density at radius 3 is 2.65 bits per heavy atom. The summed E-state index contributed by atoms with van der Waals surface area (Å²) in [5, 5.41) is 17.1. The van der Waals surface area contributed by atoms with Crippen LogP contribution in [0.2, 0.25) is 0 Å². The van der Waals surface area contributed by atoms with Crippen molar-refractivity contribution in [3.05, 3.63) is 47.2 Å². The van der Waals surface area contributed by atoms with Gasteiger partial charge in [0.05, 0.1) is 23.5 Å². The Kier molecular flexibility index (Phi) is 5.05. The third-order valence-corrected chi connectivity index (χ3v) is 5.01. The highest BCUT2D eigenvalue weighted by molar-refractivity contribution is 5.96. The van der Waals surface area contributed by atoms with Gasteiger partial charge in [-0.2, -0.15) is 14.9 Å². The SMILES string of the molecule is CNc1cc(N(C(=O)OC(C)(C)C)c2cc(C)cc(C#N)c2)n2ncc(C3CC3)c2n1. The fraction of sp³-hybridized carbons (Fsp3) is 0.391. The topological polar surface area (TPSA) is 95.6 Å². The molecule has 0 atom stereocenters. The third kappa shape index (κ3) is 4.17. The molecule has 8 heteroatoms. The molecule has 2 aromatic heterocycles. The van der Waals surface area contributed by atoms with Crippen LogP contribution >= 0.6 is 0 Å². The van der Waals surface area contributed by atoms with Crippen molar-refractivity contribution in [2.75, 3.05) is 17.3 Å². The minimum atomic E-state index is -0.696. The zero-order valence-electron chi connectivity index (χ0n) is 18.4. The summed E-state index contributed by atoms with van der Waals surface area (Å²) in [6, 6.07) is 9.22. The van der Waals surface area contributed by atoms with Crippen LogP contribution in [0.4, 0.5) is 22.1 Å². The van der Waals surface area contributed by atoms with Gasteiger partial charge in [-0.25, -0.2) is 14.7 Å². The van der Waals surface area contributed by atoms with Crippen molar-refractivity contribution in [3.63, 3.8) is 0 Å². The lowest BCUT2D eigenvalue weighted by Crippen LogP contribution is -2.35. The Morgan fingerprint density at radius 1 is 1.29 bits per heavy atom. The van der Waals surface area contributed by atoms with Crippen LogP contribution < -0.4 is 10.2 Å². The van der Waals surface area contributed by atoms with Crippen LogP contribution in [0.25, 0.3) is 5.65 Å². The number of hydrogen-bond acceptors (Lipinski definition) is 6. The van der Waals surface area contributed by atoms with Crippen LogP contribution in [0.1, 0.15) is 56.2 Å². The minimum absolute atomic E-state index is 0.448. The van der Waals surface area contributed by atoms with E-state index in [9.17, 15) is 10.1 Å². The van der Waals surface area contributed by atoms with E-state index in [0.29, 0.717) is 34.5 Å². The summed E-state index contributed by atoms with van der Waals surface area (Å²) < 4.78 is 7.41. The van der Waals surface area contributed by atoms with Crippen molar-refractivity contribution in [1.82, 2.24) is 14.6 Å². The monoisotopic (exact) mass is 418 g/mol. The summed E-state index contributed by atoms with van der Waals surface area (Å²) in [5.41, 5.74) is 2.94. The second kappa shape index (κ2) is 7.58. The van der Waals surface area contributed by atoms with Crippen molar-refractivity contribution in [2.24, 2.45) is 0 Å². The van der Waals surface area contributed by atoms with Gasteiger partial charge in [-0.05, 0) is 70.2 Å². The number of carbonyl (C=O) groups is 1. The molecule has 2 heterocycles. The number of aryl methyl sites for hydroxylation is 1. The molecule has 0 bridgehead atoms. The fourth-order valence-electron chi connectivity index (χ4n) is 3.53. The highest BCUT2D eigenvalue weighted by Crippen LogP contribution is 2.42. The Hall–Kier alpha value is -3.60. The maximum Gasteiger partial charge on any atom is 0.420 e. The van der Waals surface area contributed by atoms with E-state index >= 15 is 0 Å². The van der Waals surface area contributed by atoms with Crippen molar-refractivity contribution in [2.45, 2.75) is 52.1 Å². The van der Waals surface area contributed by atoms with Crippen LogP contribution in [0, 0.1) is 18.3 Å². The Morgan fingerprint density at radius 2 is 2.03 bits per heavy atom. The summed E-state index contributed by atoms with van der Waals surface area (Å²) in [5.74, 6) is 1.56. The number of nitriles is 1. The molecule has 1 N–H and O–H groups in total. The van der Waals surface area contributed by atoms with Gasteiger partial charge in [0.25, 0.3) is 0 Å². The van der Waals surface area contributed by atoms with E-state index in [1.165, 1.54) is 4.90 Å². The number of amides is 1. The highest BCUT2D eigenvalue weighted by atomic mass is 16.6. The molecule has 31 heavy (non-hydrogen) atoms. The van der Waals surface area contributed by atoms with Gasteiger partial charge in [0.2, 0.25) is 0 Å². The van der Waals surface area contributed by atoms with Gasteiger partial charge in [0.1, 0.15) is 17.2 Å². The number of carbonyl (C=O) groups excluding carboxylic acids is 1. The van der Waals surface area contributed by atoms with E-state index < -0.39 is 11.7 Å². The molecule has 160 valence electrons. The van der Waals surface area contributed by atoms with Crippen LogP contribution in [0.3, 0.4) is 0 Å². The van der Waals surface area contributed by atoms with E-state index in [2.05, 4.69) is 16.5 Å². The first-order chi connectivity index (χ1) is 14.7. The number of fused-ring (bicyclic) bond motifs is 1. The lowest BCUT2D eigenvalue weighted by atomic mass is 10.1. The molecular formula is C23H26N6O2. The van der Waals surface area contributed by atoms with Crippen molar-refractivity contribution in [3.8, 4) is 6.07 Å². The van der Waals surface area contributed by atoms with E-state index in [4.69, 9.17) is 9.72 Å². The number of hydrogen-bond donors (Lipinski definition) is 1. The van der Waals surface area contributed by atoms with Crippen LogP contribution in [0.15, 0.2) is 30.5 Å². The second-order valence-electron chi connectivity index (χ2n) is 8.84. The fourth-order valence-corrected chi connectivity index (χ4v) is 3.53. The van der Waals surface area contributed by atoms with Gasteiger partial charge < -0.3 is 10.1 Å². The molecule has 1 aliphatic carbocycles. The molecule has 1 saturated carbocycles. The molecule has 8 nitrogen and oxygen atoms in total. The molecule has 1 aliphatic rings. The van der Waals surface area contributed by atoms with Gasteiger partial charge in [0.15, 0.2) is 5.65 Å². The first kappa shape index (κ1) is 20.7. The maximum absolute atomic E-state index is 13.4. The molecule has 1 amide bonds. The highest BCUT2D eigenvalue weighted by Gasteiger charge is 2.31. The Balaban J connectivity index is 1.95. The molecule has 0 aliphatic heterocycles. The molecule has 0 radical (unpaired) electrons. The van der Waals surface area contributed by atoms with E-state index in [1.54, 1.807) is 29.8 Å². The van der Waals surface area contributed by atoms with E-state index in [0.717, 1.165) is 24.0 Å². The number of rotatable bonds is 4. The summed E-state index contributed by atoms with van der Waals surface area (Å²) in [7, 11) is 1.79. The zero-order chi connectivity index (χ0) is 22.3. The van der Waals surface area contributed by atoms with Crippen molar-refractivity contribution < 1.29 is 9.53 Å². The summed E-state index contributed by atoms with van der Waals surface area (Å²) in [4.78, 5) is 19.6. The summed E-state index contributed by atoms with van der Waals surface area (Å²) >= 11 is 0.